The van der Waals surface area contributed by atoms with Gasteiger partial charge in [-0.3, -0.25) is 9.89 Å². The van der Waals surface area contributed by atoms with Crippen molar-refractivity contribution in [2.75, 3.05) is 6.26 Å². The Morgan fingerprint density at radius 2 is 1.86 bits per heavy atom. The van der Waals surface area contributed by atoms with E-state index in [1.165, 1.54) is 16.8 Å². The number of thiol groups is 1. The van der Waals surface area contributed by atoms with Crippen LogP contribution in [0.15, 0.2) is 34.0 Å². The fraction of sp³-hybridized carbons (Fsp3) is 0.400. The second kappa shape index (κ2) is 6.34. The lowest BCUT2D eigenvalue weighted by molar-refractivity contribution is 0.602. The van der Waals surface area contributed by atoms with E-state index in [-0.39, 0.29) is 15.7 Å². The summed E-state index contributed by atoms with van der Waals surface area (Å²) in [7, 11) is -3.25. The Morgan fingerprint density at radius 1 is 1.27 bits per heavy atom. The van der Waals surface area contributed by atoms with Crippen LogP contribution in [0.4, 0.5) is 0 Å². The van der Waals surface area contributed by atoms with Crippen molar-refractivity contribution in [3.05, 3.63) is 45.9 Å². The van der Waals surface area contributed by atoms with Crippen molar-refractivity contribution in [3.63, 3.8) is 0 Å². The van der Waals surface area contributed by atoms with Gasteiger partial charge in [0, 0.05) is 17.2 Å². The van der Waals surface area contributed by atoms with Crippen molar-refractivity contribution >= 4 is 22.5 Å². The molecule has 0 saturated heterocycles. The molecule has 1 N–H and O–H groups in total. The first-order chi connectivity index (χ1) is 10.3. The van der Waals surface area contributed by atoms with E-state index in [4.69, 9.17) is 0 Å². The Hall–Kier alpha value is -1.47. The van der Waals surface area contributed by atoms with Crippen molar-refractivity contribution in [2.45, 2.75) is 36.8 Å². The number of benzene rings is 1. The molecule has 1 heterocycles. The van der Waals surface area contributed by atoms with E-state index in [1.54, 1.807) is 12.1 Å². The molecule has 2 rings (SSSR count). The lowest BCUT2D eigenvalue weighted by atomic mass is 10.1. The Balaban J connectivity index is 2.46. The SMILES string of the molecule is CCCC(S)c1c(C)[nH]n(-c2ccc(S(C)(=O)=O)cc2)c1=O. The highest BCUT2D eigenvalue weighted by molar-refractivity contribution is 7.90. The first-order valence-electron chi connectivity index (χ1n) is 7.05. The molecule has 120 valence electrons. The minimum atomic E-state index is -3.25. The van der Waals surface area contributed by atoms with Crippen LogP contribution in [0.2, 0.25) is 0 Å². The molecule has 1 aromatic carbocycles. The molecule has 0 fully saturated rings. The van der Waals surface area contributed by atoms with E-state index in [0.29, 0.717) is 11.3 Å². The fourth-order valence-electron chi connectivity index (χ4n) is 2.39. The monoisotopic (exact) mass is 340 g/mol. The smallest absolute Gasteiger partial charge is 0.275 e. The van der Waals surface area contributed by atoms with E-state index in [1.807, 2.05) is 13.8 Å². The Bertz CT molecular complexity index is 817. The molecule has 0 aliphatic carbocycles. The van der Waals surface area contributed by atoms with E-state index >= 15 is 0 Å². The Labute approximate surface area is 135 Å². The van der Waals surface area contributed by atoms with Crippen LogP contribution in [0.1, 0.15) is 36.3 Å². The molecule has 0 aliphatic heterocycles. The number of hydrogen-bond acceptors (Lipinski definition) is 4. The zero-order valence-corrected chi connectivity index (χ0v) is 14.5. The molecule has 1 atom stereocenters. The van der Waals surface area contributed by atoms with Crippen molar-refractivity contribution < 1.29 is 8.42 Å². The van der Waals surface area contributed by atoms with Gasteiger partial charge in [-0.1, -0.05) is 13.3 Å². The largest absolute Gasteiger partial charge is 0.295 e. The first-order valence-corrected chi connectivity index (χ1v) is 9.46. The number of rotatable bonds is 5. The summed E-state index contributed by atoms with van der Waals surface area (Å²) in [4.78, 5) is 12.8. The summed E-state index contributed by atoms with van der Waals surface area (Å²) in [5.41, 5.74) is 1.91. The molecule has 1 unspecified atom stereocenters. The van der Waals surface area contributed by atoms with E-state index in [0.717, 1.165) is 24.8 Å². The summed E-state index contributed by atoms with van der Waals surface area (Å²) >= 11 is 4.51. The zero-order chi connectivity index (χ0) is 16.5. The van der Waals surface area contributed by atoms with Gasteiger partial charge >= 0.3 is 0 Å². The molecule has 0 spiro atoms. The summed E-state index contributed by atoms with van der Waals surface area (Å²) in [6.07, 6.45) is 2.92. The van der Waals surface area contributed by atoms with Gasteiger partial charge in [0.25, 0.3) is 5.56 Å². The van der Waals surface area contributed by atoms with Gasteiger partial charge < -0.3 is 0 Å². The summed E-state index contributed by atoms with van der Waals surface area (Å²) in [5.74, 6) is 0. The molecule has 0 saturated carbocycles. The number of nitrogens with one attached hydrogen (secondary N) is 1. The number of sulfone groups is 1. The average Bonchev–Trinajstić information content (AvgIpc) is 2.73. The maximum Gasteiger partial charge on any atom is 0.275 e. The van der Waals surface area contributed by atoms with Crippen molar-refractivity contribution in [3.8, 4) is 5.69 Å². The predicted molar refractivity (Wildman–Crippen MR) is 90.9 cm³/mol. The summed E-state index contributed by atoms with van der Waals surface area (Å²) in [6.45, 7) is 3.89. The van der Waals surface area contributed by atoms with E-state index < -0.39 is 9.84 Å². The van der Waals surface area contributed by atoms with Gasteiger partial charge in [0.15, 0.2) is 9.84 Å². The Kier molecular flexibility index (Phi) is 4.87. The highest BCUT2D eigenvalue weighted by Crippen LogP contribution is 2.25. The molecule has 5 nitrogen and oxygen atoms in total. The van der Waals surface area contributed by atoms with Crippen LogP contribution in [0.25, 0.3) is 5.69 Å². The van der Waals surface area contributed by atoms with Crippen molar-refractivity contribution in [1.29, 1.82) is 0 Å². The maximum absolute atomic E-state index is 12.6. The van der Waals surface area contributed by atoms with Crippen LogP contribution in [-0.4, -0.2) is 24.5 Å². The lowest BCUT2D eigenvalue weighted by Crippen LogP contribution is -2.18. The van der Waals surface area contributed by atoms with Gasteiger partial charge in [-0.25, -0.2) is 13.1 Å². The summed E-state index contributed by atoms with van der Waals surface area (Å²) in [5, 5.41) is 2.93. The van der Waals surface area contributed by atoms with Gasteiger partial charge in [-0.05, 0) is 37.6 Å². The van der Waals surface area contributed by atoms with Gasteiger partial charge in [0.05, 0.1) is 16.1 Å². The minimum Gasteiger partial charge on any atom is -0.295 e. The standard InChI is InChI=1S/C15H20N2O3S2/c1-4-5-13(21)14-10(2)16-17(15(14)18)11-6-8-12(9-7-11)22(3,19)20/h6-9,13,16,21H,4-5H2,1-3H3. The van der Waals surface area contributed by atoms with Crippen LogP contribution in [0.5, 0.6) is 0 Å². The van der Waals surface area contributed by atoms with Crippen LogP contribution in [0, 0.1) is 6.92 Å². The second-order valence-electron chi connectivity index (χ2n) is 5.36. The molecule has 2 aromatic rings. The number of hydrogen-bond donors (Lipinski definition) is 2. The molecule has 1 aromatic heterocycles. The highest BCUT2D eigenvalue weighted by atomic mass is 32.2. The third-order valence-corrected chi connectivity index (χ3v) is 5.18. The molecule has 22 heavy (non-hydrogen) atoms. The molecule has 0 aliphatic rings. The molecule has 7 heteroatoms. The van der Waals surface area contributed by atoms with Crippen LogP contribution in [0.3, 0.4) is 0 Å². The maximum atomic E-state index is 12.6. The number of aromatic nitrogens is 2. The second-order valence-corrected chi connectivity index (χ2v) is 8.00. The number of aromatic amines is 1. The number of aryl methyl sites for hydroxylation is 1. The topological polar surface area (TPSA) is 71.9 Å². The van der Waals surface area contributed by atoms with Crippen LogP contribution >= 0.6 is 12.6 Å². The van der Waals surface area contributed by atoms with E-state index in [9.17, 15) is 13.2 Å². The van der Waals surface area contributed by atoms with Gasteiger partial charge in [-0.2, -0.15) is 12.6 Å². The molecule has 0 bridgehead atoms. The predicted octanol–water partition coefficient (Wildman–Crippen LogP) is 2.65. The normalized spacial score (nSPS) is 13.3. The van der Waals surface area contributed by atoms with Crippen LogP contribution in [-0.2, 0) is 9.84 Å². The number of H-pyrrole nitrogens is 1. The van der Waals surface area contributed by atoms with Crippen molar-refractivity contribution in [1.82, 2.24) is 9.78 Å². The summed E-state index contributed by atoms with van der Waals surface area (Å²) < 4.78 is 24.4. The quantitative estimate of drug-likeness (QED) is 0.822. The Morgan fingerprint density at radius 3 is 2.36 bits per heavy atom. The average molecular weight is 340 g/mol. The highest BCUT2D eigenvalue weighted by Gasteiger charge is 2.18. The minimum absolute atomic E-state index is 0.106. The van der Waals surface area contributed by atoms with Gasteiger partial charge in [0.1, 0.15) is 0 Å². The molecule has 0 amide bonds. The number of nitrogens with zero attached hydrogens (tertiary/aromatic N) is 1. The molecular weight excluding hydrogens is 320 g/mol. The lowest BCUT2D eigenvalue weighted by Gasteiger charge is -2.06. The van der Waals surface area contributed by atoms with Crippen molar-refractivity contribution in [2.24, 2.45) is 0 Å². The van der Waals surface area contributed by atoms with Gasteiger partial charge in [0.2, 0.25) is 0 Å². The third-order valence-electron chi connectivity index (χ3n) is 3.54. The third kappa shape index (κ3) is 3.30. The van der Waals surface area contributed by atoms with Crippen LogP contribution < -0.4 is 5.56 Å². The first kappa shape index (κ1) is 16.9. The fourth-order valence-corrected chi connectivity index (χ4v) is 3.59. The molecular formula is C15H20N2O3S2. The molecule has 0 radical (unpaired) electrons. The van der Waals surface area contributed by atoms with E-state index in [2.05, 4.69) is 17.7 Å². The zero-order valence-electron chi connectivity index (χ0n) is 12.8. The summed E-state index contributed by atoms with van der Waals surface area (Å²) in [6, 6.07) is 6.23. The van der Waals surface area contributed by atoms with Gasteiger partial charge in [-0.15, -0.1) is 0 Å².